The third-order valence-electron chi connectivity index (χ3n) is 3.18. The molecule has 1 amide bonds. The lowest BCUT2D eigenvalue weighted by molar-refractivity contribution is -0.137. The summed E-state index contributed by atoms with van der Waals surface area (Å²) in [6.45, 7) is -0.371. The molecular weight excluding hydrogens is 337 g/mol. The van der Waals surface area contributed by atoms with Gasteiger partial charge < -0.3 is 5.32 Å². The van der Waals surface area contributed by atoms with Gasteiger partial charge in [-0.15, -0.1) is 10.2 Å². The Morgan fingerprint density at radius 1 is 1.12 bits per heavy atom. The second-order valence-corrected chi connectivity index (χ2v) is 4.97. The minimum atomic E-state index is -4.57. The number of para-hydroxylation sites is 1. The highest BCUT2D eigenvalue weighted by atomic mass is 19.4. The summed E-state index contributed by atoms with van der Waals surface area (Å²) in [6.07, 6.45) is -1.46. The molecule has 0 unspecified atom stereocenters. The van der Waals surface area contributed by atoms with E-state index in [4.69, 9.17) is 0 Å². The van der Waals surface area contributed by atoms with E-state index >= 15 is 0 Å². The molecule has 1 aromatic carbocycles. The van der Waals surface area contributed by atoms with Gasteiger partial charge >= 0.3 is 6.18 Å². The van der Waals surface area contributed by atoms with E-state index in [9.17, 15) is 18.0 Å². The molecule has 0 saturated heterocycles. The van der Waals surface area contributed by atoms with Gasteiger partial charge in [0.25, 0.3) is 0 Å². The first-order valence-corrected chi connectivity index (χ1v) is 7.08. The number of carbonyl (C=O) groups excluding carboxylic acids is 1. The van der Waals surface area contributed by atoms with Gasteiger partial charge in [-0.3, -0.25) is 9.78 Å². The fourth-order valence-corrected chi connectivity index (χ4v) is 2.08. The van der Waals surface area contributed by atoms with Crippen LogP contribution in [0.5, 0.6) is 0 Å². The van der Waals surface area contributed by atoms with Crippen LogP contribution in [0.4, 0.5) is 18.9 Å². The van der Waals surface area contributed by atoms with E-state index in [2.05, 4.69) is 25.7 Å². The molecule has 7 nitrogen and oxygen atoms in total. The van der Waals surface area contributed by atoms with Crippen molar-refractivity contribution in [3.05, 3.63) is 54.4 Å². The van der Waals surface area contributed by atoms with Crippen LogP contribution in [0.2, 0.25) is 0 Å². The fraction of sp³-hybridized carbons (Fsp3) is 0.133. The molecule has 0 aliphatic rings. The van der Waals surface area contributed by atoms with Crippen molar-refractivity contribution in [1.82, 2.24) is 25.2 Å². The number of halogens is 3. The van der Waals surface area contributed by atoms with Crippen molar-refractivity contribution in [2.75, 3.05) is 5.32 Å². The topological polar surface area (TPSA) is 85.6 Å². The summed E-state index contributed by atoms with van der Waals surface area (Å²) in [5.41, 5.74) is -0.592. The molecule has 128 valence electrons. The molecule has 0 spiro atoms. The highest BCUT2D eigenvalue weighted by molar-refractivity contribution is 5.91. The van der Waals surface area contributed by atoms with Crippen LogP contribution in [0.3, 0.4) is 0 Å². The summed E-state index contributed by atoms with van der Waals surface area (Å²) in [4.78, 5) is 16.9. The van der Waals surface area contributed by atoms with Crippen molar-refractivity contribution >= 4 is 11.6 Å². The van der Waals surface area contributed by atoms with E-state index in [1.165, 1.54) is 18.2 Å². The highest BCUT2D eigenvalue weighted by Crippen LogP contribution is 2.34. The lowest BCUT2D eigenvalue weighted by Gasteiger charge is -2.13. The summed E-state index contributed by atoms with van der Waals surface area (Å²) < 4.78 is 38.8. The first kappa shape index (κ1) is 16.6. The van der Waals surface area contributed by atoms with Gasteiger partial charge in [0, 0.05) is 18.0 Å². The molecule has 2 aromatic heterocycles. The molecule has 0 atom stereocenters. The summed E-state index contributed by atoms with van der Waals surface area (Å²) in [6, 6.07) is 8.06. The summed E-state index contributed by atoms with van der Waals surface area (Å²) in [5, 5.41) is 13.7. The number of hydrogen-bond donors (Lipinski definition) is 1. The van der Waals surface area contributed by atoms with Crippen LogP contribution < -0.4 is 5.32 Å². The predicted molar refractivity (Wildman–Crippen MR) is 81.1 cm³/mol. The number of pyridine rings is 1. The van der Waals surface area contributed by atoms with Crippen LogP contribution >= 0.6 is 0 Å². The van der Waals surface area contributed by atoms with Crippen molar-refractivity contribution in [2.24, 2.45) is 0 Å². The lowest BCUT2D eigenvalue weighted by atomic mass is 10.1. The van der Waals surface area contributed by atoms with E-state index in [1.807, 2.05) is 0 Å². The van der Waals surface area contributed by atoms with Crippen molar-refractivity contribution in [1.29, 1.82) is 0 Å². The van der Waals surface area contributed by atoms with E-state index in [1.54, 1.807) is 24.5 Å². The molecule has 0 aliphatic carbocycles. The molecular formula is C15H11F3N6O. The van der Waals surface area contributed by atoms with Crippen molar-refractivity contribution in [2.45, 2.75) is 12.7 Å². The predicted octanol–water partition coefficient (Wildman–Crippen LogP) is 2.39. The van der Waals surface area contributed by atoms with E-state index in [0.717, 1.165) is 10.9 Å². The number of nitrogens with zero attached hydrogens (tertiary/aromatic N) is 5. The summed E-state index contributed by atoms with van der Waals surface area (Å²) >= 11 is 0. The second kappa shape index (κ2) is 6.67. The maximum Gasteiger partial charge on any atom is 0.418 e. The molecule has 25 heavy (non-hydrogen) atoms. The molecule has 3 aromatic rings. The Hall–Kier alpha value is -3.30. The number of aromatic nitrogens is 5. The standard InChI is InChI=1S/C15H11F3N6O/c16-15(17,18)11-3-1-2-4-12(11)20-13(25)9-24-22-14(21-23-24)10-5-7-19-8-6-10/h1-8H,9H2,(H,20,25). The first-order valence-electron chi connectivity index (χ1n) is 7.08. The average Bonchev–Trinajstić information content (AvgIpc) is 3.03. The smallest absolute Gasteiger partial charge is 0.324 e. The fourth-order valence-electron chi connectivity index (χ4n) is 2.08. The molecule has 0 saturated carbocycles. The molecule has 0 fully saturated rings. The van der Waals surface area contributed by atoms with Gasteiger partial charge in [-0.1, -0.05) is 12.1 Å². The highest BCUT2D eigenvalue weighted by Gasteiger charge is 2.33. The zero-order valence-corrected chi connectivity index (χ0v) is 12.6. The van der Waals surface area contributed by atoms with E-state index in [0.29, 0.717) is 5.56 Å². The van der Waals surface area contributed by atoms with Crippen molar-refractivity contribution in [3.63, 3.8) is 0 Å². The number of tetrazole rings is 1. The number of rotatable bonds is 4. The Bertz CT molecular complexity index is 878. The number of amides is 1. The molecule has 3 rings (SSSR count). The largest absolute Gasteiger partial charge is 0.418 e. The number of nitrogens with one attached hydrogen (secondary N) is 1. The Labute approximate surface area is 139 Å². The molecule has 2 heterocycles. The summed E-state index contributed by atoms with van der Waals surface area (Å²) in [7, 11) is 0. The van der Waals surface area contributed by atoms with Gasteiger partial charge in [0.2, 0.25) is 11.7 Å². The van der Waals surface area contributed by atoms with Gasteiger partial charge in [-0.2, -0.15) is 18.0 Å². The second-order valence-electron chi connectivity index (χ2n) is 4.97. The Morgan fingerprint density at radius 3 is 2.56 bits per heavy atom. The zero-order chi connectivity index (χ0) is 17.9. The van der Waals surface area contributed by atoms with Crippen molar-refractivity contribution in [3.8, 4) is 11.4 Å². The quantitative estimate of drug-likeness (QED) is 0.782. The number of carbonyl (C=O) groups is 1. The average molecular weight is 348 g/mol. The van der Waals surface area contributed by atoms with Crippen LogP contribution in [0.1, 0.15) is 5.56 Å². The van der Waals surface area contributed by atoms with Crippen LogP contribution in [-0.2, 0) is 17.5 Å². The SMILES string of the molecule is O=C(Cn1nnc(-c2ccncc2)n1)Nc1ccccc1C(F)(F)F. The molecule has 1 N–H and O–H groups in total. The van der Waals surface area contributed by atoms with E-state index in [-0.39, 0.29) is 18.1 Å². The maximum atomic E-state index is 12.9. The van der Waals surface area contributed by atoms with Crippen LogP contribution in [0.25, 0.3) is 11.4 Å². The monoisotopic (exact) mass is 348 g/mol. The van der Waals surface area contributed by atoms with Gasteiger partial charge in [0.1, 0.15) is 6.54 Å². The zero-order valence-electron chi connectivity index (χ0n) is 12.6. The Kier molecular flexibility index (Phi) is 4.42. The minimum absolute atomic E-state index is 0.283. The number of benzene rings is 1. The van der Waals surface area contributed by atoms with Crippen LogP contribution in [0.15, 0.2) is 48.8 Å². The van der Waals surface area contributed by atoms with Gasteiger partial charge in [0.15, 0.2) is 0 Å². The third kappa shape index (κ3) is 3.97. The third-order valence-corrected chi connectivity index (χ3v) is 3.18. The number of hydrogen-bond acceptors (Lipinski definition) is 5. The normalized spacial score (nSPS) is 11.3. The van der Waals surface area contributed by atoms with Gasteiger partial charge in [0.05, 0.1) is 11.3 Å². The molecule has 0 radical (unpaired) electrons. The Morgan fingerprint density at radius 2 is 1.84 bits per heavy atom. The molecule has 0 bridgehead atoms. The van der Waals surface area contributed by atoms with Crippen molar-refractivity contribution < 1.29 is 18.0 Å². The Balaban J connectivity index is 1.71. The molecule has 10 heteroatoms. The minimum Gasteiger partial charge on any atom is -0.324 e. The van der Waals surface area contributed by atoms with Crippen LogP contribution in [0, 0.1) is 0 Å². The van der Waals surface area contributed by atoms with Gasteiger partial charge in [-0.25, -0.2) is 0 Å². The summed E-state index contributed by atoms with van der Waals surface area (Å²) in [5.74, 6) is -0.415. The maximum absolute atomic E-state index is 12.9. The van der Waals surface area contributed by atoms with E-state index < -0.39 is 17.6 Å². The lowest BCUT2D eigenvalue weighted by Crippen LogP contribution is -2.22. The van der Waals surface area contributed by atoms with Crippen LogP contribution in [-0.4, -0.2) is 31.1 Å². The number of anilines is 1. The molecule has 0 aliphatic heterocycles. The van der Waals surface area contributed by atoms with Gasteiger partial charge in [-0.05, 0) is 29.5 Å². The number of alkyl halides is 3. The first-order chi connectivity index (χ1) is 11.9.